The average Bonchev–Trinajstić information content (AvgIpc) is 2.61. The van der Waals surface area contributed by atoms with Crippen LogP contribution in [-0.4, -0.2) is 18.5 Å². The Hall–Kier alpha value is -1.23. The third kappa shape index (κ3) is 3.13. The van der Waals surface area contributed by atoms with Crippen LogP contribution in [0.25, 0.3) is 10.1 Å². The van der Waals surface area contributed by atoms with E-state index in [1.807, 2.05) is 12.1 Å². The number of benzene rings is 1. The summed E-state index contributed by atoms with van der Waals surface area (Å²) in [7, 11) is 1.43. The molecule has 2 rings (SSSR count). The van der Waals surface area contributed by atoms with Crippen molar-refractivity contribution >= 4 is 27.7 Å². The summed E-state index contributed by atoms with van der Waals surface area (Å²) < 4.78 is 1.19. The van der Waals surface area contributed by atoms with Crippen molar-refractivity contribution in [3.05, 3.63) is 34.7 Å². The van der Waals surface area contributed by atoms with Gasteiger partial charge in [-0.2, -0.15) is 0 Å². The SMILES string of the molecule is CNO.Cc1ccc2cc(C=O)sc2c1. The van der Waals surface area contributed by atoms with Gasteiger partial charge in [0.25, 0.3) is 0 Å². The van der Waals surface area contributed by atoms with E-state index in [1.54, 1.807) is 16.8 Å². The Labute approximate surface area is 92.3 Å². The standard InChI is InChI=1S/C10H8OS.CH5NO/c1-7-2-3-8-5-9(6-11)12-10(8)4-7;1-2-3/h2-6H,1H3;2-3H,1H3. The Kier molecular flexibility index (Phi) is 4.42. The Morgan fingerprint density at radius 1 is 1.40 bits per heavy atom. The summed E-state index contributed by atoms with van der Waals surface area (Å²) in [5, 5.41) is 8.48. The van der Waals surface area contributed by atoms with Crippen molar-refractivity contribution in [1.29, 1.82) is 0 Å². The second-order valence-electron chi connectivity index (χ2n) is 3.03. The van der Waals surface area contributed by atoms with E-state index in [1.165, 1.54) is 17.3 Å². The number of carbonyl (C=O) groups is 1. The van der Waals surface area contributed by atoms with Crippen LogP contribution in [0.5, 0.6) is 0 Å². The van der Waals surface area contributed by atoms with E-state index < -0.39 is 0 Å². The molecule has 2 N–H and O–H groups in total. The Morgan fingerprint density at radius 2 is 2.07 bits per heavy atom. The number of hydrogen-bond acceptors (Lipinski definition) is 4. The molecule has 1 aromatic carbocycles. The zero-order valence-corrected chi connectivity index (χ0v) is 9.47. The smallest absolute Gasteiger partial charge is 0.160 e. The second kappa shape index (κ2) is 5.60. The van der Waals surface area contributed by atoms with E-state index in [-0.39, 0.29) is 0 Å². The molecule has 0 saturated heterocycles. The summed E-state index contributed by atoms with van der Waals surface area (Å²) >= 11 is 1.54. The van der Waals surface area contributed by atoms with Gasteiger partial charge in [0.2, 0.25) is 0 Å². The number of carbonyl (C=O) groups excluding carboxylic acids is 1. The highest BCUT2D eigenvalue weighted by molar-refractivity contribution is 7.20. The Bertz CT molecular complexity index is 451. The molecule has 0 aliphatic heterocycles. The van der Waals surface area contributed by atoms with Crippen molar-refractivity contribution in [2.24, 2.45) is 0 Å². The summed E-state index contributed by atoms with van der Waals surface area (Å²) in [6.07, 6.45) is 0.903. The van der Waals surface area contributed by atoms with Crippen LogP contribution < -0.4 is 5.48 Å². The highest BCUT2D eigenvalue weighted by Gasteiger charge is 1.99. The molecule has 4 heteroatoms. The van der Waals surface area contributed by atoms with Gasteiger partial charge in [-0.15, -0.1) is 11.3 Å². The fraction of sp³-hybridized carbons (Fsp3) is 0.182. The number of aldehydes is 1. The quantitative estimate of drug-likeness (QED) is 0.577. The molecule has 0 aliphatic rings. The number of aryl methyl sites for hydroxylation is 1. The minimum atomic E-state index is 0.801. The number of hydroxylamine groups is 1. The molecule has 0 aliphatic carbocycles. The van der Waals surface area contributed by atoms with Crippen molar-refractivity contribution in [2.45, 2.75) is 6.92 Å². The van der Waals surface area contributed by atoms with Gasteiger partial charge in [0.15, 0.2) is 6.29 Å². The van der Waals surface area contributed by atoms with Crippen molar-refractivity contribution in [3.8, 4) is 0 Å². The lowest BCUT2D eigenvalue weighted by Gasteiger charge is -1.89. The number of hydrogen-bond donors (Lipinski definition) is 2. The normalized spacial score (nSPS) is 9.53. The second-order valence-corrected chi connectivity index (χ2v) is 4.15. The van der Waals surface area contributed by atoms with Gasteiger partial charge in [-0.1, -0.05) is 12.1 Å². The lowest BCUT2D eigenvalue weighted by Crippen LogP contribution is -1.91. The van der Waals surface area contributed by atoms with E-state index in [0.717, 1.165) is 16.5 Å². The van der Waals surface area contributed by atoms with Crippen LogP contribution in [0.4, 0.5) is 0 Å². The van der Waals surface area contributed by atoms with Crippen LogP contribution in [0.15, 0.2) is 24.3 Å². The molecule has 80 valence electrons. The van der Waals surface area contributed by atoms with Crippen LogP contribution in [0.2, 0.25) is 0 Å². The fourth-order valence-corrected chi connectivity index (χ4v) is 2.19. The topological polar surface area (TPSA) is 49.3 Å². The molecule has 0 atom stereocenters. The minimum Gasteiger partial charge on any atom is -0.317 e. The van der Waals surface area contributed by atoms with Crippen LogP contribution in [0, 0.1) is 6.92 Å². The van der Waals surface area contributed by atoms with Gasteiger partial charge in [0, 0.05) is 11.7 Å². The number of thiophene rings is 1. The molecule has 0 spiro atoms. The third-order valence-corrected chi connectivity index (χ3v) is 2.83. The van der Waals surface area contributed by atoms with Crippen molar-refractivity contribution in [3.63, 3.8) is 0 Å². The first-order valence-corrected chi connectivity index (χ1v) is 5.29. The molecule has 3 nitrogen and oxygen atoms in total. The van der Waals surface area contributed by atoms with Gasteiger partial charge in [-0.25, -0.2) is 5.48 Å². The van der Waals surface area contributed by atoms with Crippen molar-refractivity contribution in [2.75, 3.05) is 7.05 Å². The highest BCUT2D eigenvalue weighted by atomic mass is 32.1. The molecule has 1 heterocycles. The number of fused-ring (bicyclic) bond motifs is 1. The molecule has 0 bridgehead atoms. The van der Waals surface area contributed by atoms with Crippen LogP contribution in [-0.2, 0) is 0 Å². The first-order valence-electron chi connectivity index (χ1n) is 4.47. The van der Waals surface area contributed by atoms with E-state index in [0.29, 0.717) is 0 Å². The van der Waals surface area contributed by atoms with Gasteiger partial charge < -0.3 is 5.21 Å². The molecular weight excluding hydrogens is 210 g/mol. The summed E-state index contributed by atoms with van der Waals surface area (Å²) in [5.41, 5.74) is 2.99. The molecular formula is C11H13NO2S. The Morgan fingerprint density at radius 3 is 2.67 bits per heavy atom. The summed E-state index contributed by atoms with van der Waals surface area (Å²) in [6, 6.07) is 8.14. The lowest BCUT2D eigenvalue weighted by atomic mass is 10.2. The van der Waals surface area contributed by atoms with Gasteiger partial charge in [0.1, 0.15) is 0 Å². The predicted molar refractivity (Wildman–Crippen MR) is 62.8 cm³/mol. The minimum absolute atomic E-state index is 0.801. The van der Waals surface area contributed by atoms with Crippen LogP contribution in [0.1, 0.15) is 15.2 Å². The number of rotatable bonds is 1. The van der Waals surface area contributed by atoms with E-state index in [4.69, 9.17) is 5.21 Å². The Balaban J connectivity index is 0.000000337. The van der Waals surface area contributed by atoms with Crippen molar-refractivity contribution in [1.82, 2.24) is 5.48 Å². The first-order chi connectivity index (χ1) is 7.21. The van der Waals surface area contributed by atoms with Gasteiger partial charge >= 0.3 is 0 Å². The predicted octanol–water partition coefficient (Wildman–Crippen LogP) is 2.62. The number of nitrogens with one attached hydrogen (secondary N) is 1. The molecule has 0 radical (unpaired) electrons. The molecule has 1 aromatic heterocycles. The molecule has 2 aromatic rings. The fourth-order valence-electron chi connectivity index (χ4n) is 1.22. The van der Waals surface area contributed by atoms with Crippen LogP contribution >= 0.6 is 11.3 Å². The highest BCUT2D eigenvalue weighted by Crippen LogP contribution is 2.25. The zero-order chi connectivity index (χ0) is 11.3. The van der Waals surface area contributed by atoms with Gasteiger partial charge in [0.05, 0.1) is 4.88 Å². The largest absolute Gasteiger partial charge is 0.317 e. The zero-order valence-electron chi connectivity index (χ0n) is 8.65. The first kappa shape index (κ1) is 11.8. The van der Waals surface area contributed by atoms with Crippen molar-refractivity contribution < 1.29 is 10.0 Å². The van der Waals surface area contributed by atoms with Gasteiger partial charge in [-0.3, -0.25) is 4.79 Å². The molecule has 0 unspecified atom stereocenters. The molecule has 15 heavy (non-hydrogen) atoms. The average molecular weight is 223 g/mol. The maximum absolute atomic E-state index is 10.5. The lowest BCUT2D eigenvalue weighted by molar-refractivity contribution is 0.112. The maximum atomic E-state index is 10.5. The summed E-state index contributed by atoms with van der Waals surface area (Å²) in [5.74, 6) is 0. The molecule has 0 saturated carbocycles. The summed E-state index contributed by atoms with van der Waals surface area (Å²) in [4.78, 5) is 11.3. The van der Waals surface area contributed by atoms with E-state index in [2.05, 4.69) is 19.1 Å². The van der Waals surface area contributed by atoms with E-state index in [9.17, 15) is 4.79 Å². The van der Waals surface area contributed by atoms with Crippen LogP contribution in [0.3, 0.4) is 0 Å². The molecule has 0 amide bonds. The summed E-state index contributed by atoms with van der Waals surface area (Å²) in [6.45, 7) is 2.06. The molecule has 0 fully saturated rings. The third-order valence-electron chi connectivity index (χ3n) is 1.81. The van der Waals surface area contributed by atoms with E-state index >= 15 is 0 Å². The monoisotopic (exact) mass is 223 g/mol. The van der Waals surface area contributed by atoms with Gasteiger partial charge in [-0.05, 0) is 30.0 Å². The maximum Gasteiger partial charge on any atom is 0.160 e.